The molecule has 1 aromatic rings. The number of amides is 1. The highest BCUT2D eigenvalue weighted by molar-refractivity contribution is 5.78. The average molecular weight is 358 g/mol. The van der Waals surface area contributed by atoms with E-state index in [2.05, 4.69) is 21.2 Å². The van der Waals surface area contributed by atoms with Crippen molar-refractivity contribution >= 4 is 5.91 Å². The van der Waals surface area contributed by atoms with Crippen LogP contribution in [-0.2, 0) is 4.79 Å². The van der Waals surface area contributed by atoms with Crippen LogP contribution in [0.4, 0.5) is 0 Å². The number of piperazine rings is 1. The summed E-state index contributed by atoms with van der Waals surface area (Å²) in [6, 6.07) is 9.33. The van der Waals surface area contributed by atoms with Crippen LogP contribution < -0.4 is 10.1 Å². The Morgan fingerprint density at radius 1 is 1.23 bits per heavy atom. The molecule has 1 atom stereocenters. The van der Waals surface area contributed by atoms with E-state index in [0.717, 1.165) is 39.0 Å². The smallest absolute Gasteiger partial charge is 0.234 e. The number of β-amino-alcohol motifs (C(OH)–C–C–N with tert-alkyl or cyclic N) is 1. The predicted molar refractivity (Wildman–Crippen MR) is 96.7 cm³/mol. The Morgan fingerprint density at radius 3 is 2.50 bits per heavy atom. The molecule has 0 aromatic heterocycles. The van der Waals surface area contributed by atoms with Gasteiger partial charge < -0.3 is 15.2 Å². The van der Waals surface area contributed by atoms with Gasteiger partial charge in [-0.25, -0.2) is 0 Å². The topological polar surface area (TPSA) is 88.8 Å². The Morgan fingerprint density at radius 2 is 1.88 bits per heavy atom. The third-order valence-electron chi connectivity index (χ3n) is 4.67. The van der Waals surface area contributed by atoms with Gasteiger partial charge in [-0.1, -0.05) is 0 Å². The van der Waals surface area contributed by atoms with Crippen LogP contribution in [0.15, 0.2) is 24.3 Å². The molecule has 1 saturated heterocycles. The maximum atomic E-state index is 11.8. The summed E-state index contributed by atoms with van der Waals surface area (Å²) in [5, 5.41) is 22.0. The van der Waals surface area contributed by atoms with Crippen LogP contribution in [-0.4, -0.2) is 78.8 Å². The zero-order valence-electron chi connectivity index (χ0n) is 14.9. The van der Waals surface area contributed by atoms with Gasteiger partial charge in [0.1, 0.15) is 18.5 Å². The number of hydrogen-bond acceptors (Lipinski definition) is 6. The summed E-state index contributed by atoms with van der Waals surface area (Å²) in [5.41, 5.74) is 0.585. The van der Waals surface area contributed by atoms with Crippen LogP contribution in [0.3, 0.4) is 0 Å². The molecule has 2 N–H and O–H groups in total. The first-order chi connectivity index (χ1) is 12.6. The molecule has 3 rings (SSSR count). The molecule has 140 valence electrons. The Balaban J connectivity index is 1.31. The summed E-state index contributed by atoms with van der Waals surface area (Å²) in [6.45, 7) is 4.58. The molecular formula is C19H26N4O3. The summed E-state index contributed by atoms with van der Waals surface area (Å²) in [4.78, 5) is 16.2. The second kappa shape index (κ2) is 8.99. The largest absolute Gasteiger partial charge is 0.491 e. The van der Waals surface area contributed by atoms with Gasteiger partial charge >= 0.3 is 0 Å². The highest BCUT2D eigenvalue weighted by Gasteiger charge is 2.25. The van der Waals surface area contributed by atoms with Crippen molar-refractivity contribution in [2.24, 2.45) is 0 Å². The molecule has 1 heterocycles. The van der Waals surface area contributed by atoms with Gasteiger partial charge in [-0.05, 0) is 37.1 Å². The molecule has 1 amide bonds. The van der Waals surface area contributed by atoms with Gasteiger partial charge in [0.25, 0.3) is 0 Å². The first-order valence-electron chi connectivity index (χ1n) is 9.17. The number of ether oxygens (including phenoxy) is 1. The molecule has 1 saturated carbocycles. The molecule has 7 nitrogen and oxygen atoms in total. The van der Waals surface area contributed by atoms with Crippen molar-refractivity contribution in [1.29, 1.82) is 5.26 Å². The highest BCUT2D eigenvalue weighted by Crippen LogP contribution is 2.18. The second-order valence-electron chi connectivity index (χ2n) is 7.02. The quantitative estimate of drug-likeness (QED) is 0.690. The third-order valence-corrected chi connectivity index (χ3v) is 4.67. The third kappa shape index (κ3) is 5.99. The Bertz CT molecular complexity index is 631. The van der Waals surface area contributed by atoms with Gasteiger partial charge in [-0.15, -0.1) is 0 Å². The van der Waals surface area contributed by atoms with E-state index in [0.29, 0.717) is 30.4 Å². The van der Waals surface area contributed by atoms with Crippen molar-refractivity contribution in [3.05, 3.63) is 29.8 Å². The Hall–Kier alpha value is -2.14. The maximum Gasteiger partial charge on any atom is 0.234 e. The fourth-order valence-electron chi connectivity index (χ4n) is 3.00. The summed E-state index contributed by atoms with van der Waals surface area (Å²) < 4.78 is 5.58. The number of nitrogens with zero attached hydrogens (tertiary/aromatic N) is 3. The number of carbonyl (C=O) groups excluding carboxylic acids is 1. The molecule has 1 unspecified atom stereocenters. The zero-order chi connectivity index (χ0) is 18.4. The summed E-state index contributed by atoms with van der Waals surface area (Å²) >= 11 is 0. The summed E-state index contributed by atoms with van der Waals surface area (Å²) in [6.07, 6.45) is 1.65. The Kier molecular flexibility index (Phi) is 6.45. The van der Waals surface area contributed by atoms with Crippen LogP contribution in [0.5, 0.6) is 5.75 Å². The molecule has 1 aliphatic heterocycles. The molecule has 0 spiro atoms. The molecule has 26 heavy (non-hydrogen) atoms. The molecule has 0 radical (unpaired) electrons. The van der Waals surface area contributed by atoms with E-state index in [-0.39, 0.29) is 12.5 Å². The van der Waals surface area contributed by atoms with Gasteiger partial charge in [0.2, 0.25) is 5.91 Å². The van der Waals surface area contributed by atoms with Gasteiger partial charge in [0, 0.05) is 38.8 Å². The average Bonchev–Trinajstić information content (AvgIpc) is 3.46. The zero-order valence-corrected chi connectivity index (χ0v) is 14.9. The predicted octanol–water partition coefficient (Wildman–Crippen LogP) is 0.194. The van der Waals surface area contributed by atoms with E-state index >= 15 is 0 Å². The highest BCUT2D eigenvalue weighted by atomic mass is 16.5. The molecule has 1 aliphatic carbocycles. The lowest BCUT2D eigenvalue weighted by atomic mass is 10.2. The standard InChI is InChI=1S/C19H26N4O3/c20-11-15-1-5-18(6-2-15)26-14-17(24)12-22-7-9-23(10-8-22)13-19(25)21-16-3-4-16/h1-2,5-6,16-17,24H,3-4,7-10,12-14H2,(H,21,25). The van der Waals surface area contributed by atoms with Gasteiger partial charge in [-0.3, -0.25) is 14.6 Å². The normalized spacial score (nSPS) is 19.5. The minimum absolute atomic E-state index is 0.122. The number of nitrogens with one attached hydrogen (secondary N) is 1. The number of nitriles is 1. The van der Waals surface area contributed by atoms with E-state index < -0.39 is 6.10 Å². The number of rotatable bonds is 8. The Labute approximate surface area is 154 Å². The van der Waals surface area contributed by atoms with Crippen LogP contribution >= 0.6 is 0 Å². The lowest BCUT2D eigenvalue weighted by molar-refractivity contribution is -0.122. The number of aliphatic hydroxyl groups is 1. The van der Waals surface area contributed by atoms with Crippen molar-refractivity contribution in [2.45, 2.75) is 25.0 Å². The van der Waals surface area contributed by atoms with Crippen LogP contribution in [0.25, 0.3) is 0 Å². The number of carbonyl (C=O) groups is 1. The molecule has 2 aliphatic rings. The van der Waals surface area contributed by atoms with E-state index in [4.69, 9.17) is 10.00 Å². The molecule has 2 fully saturated rings. The van der Waals surface area contributed by atoms with E-state index in [1.165, 1.54) is 0 Å². The van der Waals surface area contributed by atoms with Crippen molar-refractivity contribution in [3.8, 4) is 11.8 Å². The fourth-order valence-corrected chi connectivity index (χ4v) is 3.00. The van der Waals surface area contributed by atoms with Crippen LogP contribution in [0.2, 0.25) is 0 Å². The lowest BCUT2D eigenvalue weighted by Gasteiger charge is -2.35. The fraction of sp³-hybridized carbons (Fsp3) is 0.579. The lowest BCUT2D eigenvalue weighted by Crippen LogP contribution is -2.51. The molecule has 1 aromatic carbocycles. The van der Waals surface area contributed by atoms with Crippen molar-refractivity contribution in [1.82, 2.24) is 15.1 Å². The van der Waals surface area contributed by atoms with Crippen molar-refractivity contribution < 1.29 is 14.6 Å². The minimum Gasteiger partial charge on any atom is -0.491 e. The van der Waals surface area contributed by atoms with E-state index in [1.54, 1.807) is 24.3 Å². The minimum atomic E-state index is -0.574. The molecule has 7 heteroatoms. The number of aliphatic hydroxyl groups excluding tert-OH is 1. The second-order valence-corrected chi connectivity index (χ2v) is 7.02. The van der Waals surface area contributed by atoms with E-state index in [9.17, 15) is 9.90 Å². The van der Waals surface area contributed by atoms with Gasteiger partial charge in [-0.2, -0.15) is 5.26 Å². The number of benzene rings is 1. The monoisotopic (exact) mass is 358 g/mol. The summed E-state index contributed by atoms with van der Waals surface area (Å²) in [7, 11) is 0. The number of hydrogen-bond donors (Lipinski definition) is 2. The van der Waals surface area contributed by atoms with Crippen molar-refractivity contribution in [2.75, 3.05) is 45.9 Å². The molecule has 0 bridgehead atoms. The summed E-state index contributed by atoms with van der Waals surface area (Å²) in [5.74, 6) is 0.770. The van der Waals surface area contributed by atoms with Crippen LogP contribution in [0.1, 0.15) is 18.4 Å². The first-order valence-corrected chi connectivity index (χ1v) is 9.17. The van der Waals surface area contributed by atoms with E-state index in [1.807, 2.05) is 0 Å². The molecular weight excluding hydrogens is 332 g/mol. The van der Waals surface area contributed by atoms with Gasteiger partial charge in [0.15, 0.2) is 0 Å². The van der Waals surface area contributed by atoms with Gasteiger partial charge in [0.05, 0.1) is 18.2 Å². The van der Waals surface area contributed by atoms with Crippen LogP contribution in [0, 0.1) is 11.3 Å². The SMILES string of the molecule is N#Cc1ccc(OCC(O)CN2CCN(CC(=O)NC3CC3)CC2)cc1. The maximum absolute atomic E-state index is 11.8. The van der Waals surface area contributed by atoms with Crippen molar-refractivity contribution in [3.63, 3.8) is 0 Å². The first kappa shape index (κ1) is 18.6.